The minimum absolute atomic E-state index is 0.224. The summed E-state index contributed by atoms with van der Waals surface area (Å²) in [7, 11) is 1.52. The number of hydrogen-bond acceptors (Lipinski definition) is 4. The molecule has 27 heavy (non-hydrogen) atoms. The predicted octanol–water partition coefficient (Wildman–Crippen LogP) is 2.40. The smallest absolute Gasteiger partial charge is 0.275 e. The van der Waals surface area contributed by atoms with Crippen molar-refractivity contribution >= 4 is 11.8 Å². The third-order valence-electron chi connectivity index (χ3n) is 4.70. The monoisotopic (exact) mass is 370 g/mol. The van der Waals surface area contributed by atoms with Crippen molar-refractivity contribution in [1.82, 2.24) is 20.0 Å². The fraction of sp³-hybridized carbons (Fsp3) is 0.450. The maximum Gasteiger partial charge on any atom is 0.275 e. The fourth-order valence-corrected chi connectivity index (χ4v) is 3.21. The van der Waals surface area contributed by atoms with Gasteiger partial charge in [0.15, 0.2) is 11.4 Å². The molecule has 0 radical (unpaired) electrons. The number of benzene rings is 1. The lowest BCUT2D eigenvalue weighted by atomic mass is 10.2. The van der Waals surface area contributed by atoms with E-state index in [-0.39, 0.29) is 17.5 Å². The molecule has 1 aromatic carbocycles. The summed E-state index contributed by atoms with van der Waals surface area (Å²) in [4.78, 5) is 26.4. The second-order valence-corrected chi connectivity index (χ2v) is 6.63. The van der Waals surface area contributed by atoms with Gasteiger partial charge in [-0.2, -0.15) is 5.10 Å². The first-order chi connectivity index (χ1) is 13.2. The Kier molecular flexibility index (Phi) is 6.46. The van der Waals surface area contributed by atoms with Gasteiger partial charge in [-0.05, 0) is 31.4 Å². The van der Waals surface area contributed by atoms with Crippen molar-refractivity contribution in [1.29, 1.82) is 0 Å². The highest BCUT2D eigenvalue weighted by molar-refractivity contribution is 5.94. The minimum atomic E-state index is -0.274. The molecule has 1 aliphatic heterocycles. The van der Waals surface area contributed by atoms with Crippen LogP contribution in [0.25, 0.3) is 5.69 Å². The molecule has 1 aliphatic rings. The van der Waals surface area contributed by atoms with Crippen molar-refractivity contribution in [2.45, 2.75) is 32.1 Å². The Morgan fingerprint density at radius 2 is 2.04 bits per heavy atom. The van der Waals surface area contributed by atoms with Gasteiger partial charge in [-0.1, -0.05) is 24.6 Å². The second kappa shape index (κ2) is 9.21. The number of likely N-dealkylation sites (tertiary alicyclic amines) is 1. The molecule has 7 heteroatoms. The molecule has 0 atom stereocenters. The van der Waals surface area contributed by atoms with Gasteiger partial charge in [-0.3, -0.25) is 9.59 Å². The number of carbonyl (C=O) groups is 2. The van der Waals surface area contributed by atoms with Gasteiger partial charge in [-0.25, -0.2) is 4.68 Å². The number of methoxy groups -OCH3 is 1. The van der Waals surface area contributed by atoms with Gasteiger partial charge in [0, 0.05) is 26.1 Å². The molecule has 7 nitrogen and oxygen atoms in total. The Morgan fingerprint density at radius 3 is 2.81 bits per heavy atom. The van der Waals surface area contributed by atoms with Gasteiger partial charge in [-0.15, -0.1) is 0 Å². The molecule has 0 saturated carbocycles. The highest BCUT2D eigenvalue weighted by atomic mass is 16.5. The van der Waals surface area contributed by atoms with Gasteiger partial charge < -0.3 is 15.0 Å². The van der Waals surface area contributed by atoms with Gasteiger partial charge in [0.25, 0.3) is 5.91 Å². The Hall–Kier alpha value is -2.83. The number of para-hydroxylation sites is 1. The molecule has 0 aliphatic carbocycles. The SMILES string of the molecule is COc1cn(-c2ccccc2)nc1C(=O)NCCCN1CCCCCC1=O. The molecule has 3 rings (SSSR count). The van der Waals surface area contributed by atoms with Crippen LogP contribution < -0.4 is 10.1 Å². The average molecular weight is 370 g/mol. The van der Waals surface area contributed by atoms with Crippen LogP contribution in [0.2, 0.25) is 0 Å². The van der Waals surface area contributed by atoms with E-state index in [1.807, 2.05) is 35.2 Å². The van der Waals surface area contributed by atoms with Gasteiger partial charge in [0.1, 0.15) is 0 Å². The number of carbonyl (C=O) groups excluding carboxylic acids is 2. The topological polar surface area (TPSA) is 76.5 Å². The molecule has 0 unspecified atom stereocenters. The Labute approximate surface area is 159 Å². The number of nitrogens with zero attached hydrogens (tertiary/aromatic N) is 3. The first-order valence-corrected chi connectivity index (χ1v) is 9.44. The predicted molar refractivity (Wildman–Crippen MR) is 102 cm³/mol. The standard InChI is InChI=1S/C20H26N4O3/c1-27-17-15-24(16-9-4-2-5-10-16)22-19(17)20(26)21-12-8-14-23-13-7-3-6-11-18(23)25/h2,4-5,9-10,15H,3,6-8,11-14H2,1H3,(H,21,26). The molecule has 0 spiro atoms. The number of nitrogens with one attached hydrogen (secondary N) is 1. The van der Waals surface area contributed by atoms with Crippen molar-refractivity contribution < 1.29 is 14.3 Å². The molecule has 1 fully saturated rings. The normalized spacial score (nSPS) is 14.7. The van der Waals surface area contributed by atoms with Crippen LogP contribution in [-0.2, 0) is 4.79 Å². The van der Waals surface area contributed by atoms with Crippen LogP contribution in [0.4, 0.5) is 0 Å². The van der Waals surface area contributed by atoms with Crippen molar-refractivity contribution in [3.63, 3.8) is 0 Å². The summed E-state index contributed by atoms with van der Waals surface area (Å²) in [5, 5.41) is 7.24. The number of ether oxygens (including phenoxy) is 1. The van der Waals surface area contributed by atoms with Crippen LogP contribution in [0.5, 0.6) is 5.75 Å². The second-order valence-electron chi connectivity index (χ2n) is 6.63. The number of aromatic nitrogens is 2. The highest BCUT2D eigenvalue weighted by Crippen LogP contribution is 2.19. The zero-order valence-corrected chi connectivity index (χ0v) is 15.7. The third kappa shape index (κ3) is 4.87. The Bertz CT molecular complexity index is 773. The largest absolute Gasteiger partial charge is 0.493 e. The van der Waals surface area contributed by atoms with Crippen molar-refractivity contribution in [3.05, 3.63) is 42.2 Å². The summed E-state index contributed by atoms with van der Waals surface area (Å²) in [6, 6.07) is 9.56. The number of rotatable bonds is 7. The van der Waals surface area contributed by atoms with Crippen LogP contribution in [0.3, 0.4) is 0 Å². The first kappa shape index (κ1) is 18.9. The average Bonchev–Trinajstić information content (AvgIpc) is 3.03. The van der Waals surface area contributed by atoms with E-state index >= 15 is 0 Å². The zero-order valence-electron chi connectivity index (χ0n) is 15.7. The molecule has 2 amide bonds. The van der Waals surface area contributed by atoms with Gasteiger partial charge in [0.05, 0.1) is 19.0 Å². The van der Waals surface area contributed by atoms with Crippen molar-refractivity contribution in [2.24, 2.45) is 0 Å². The number of hydrogen-bond donors (Lipinski definition) is 1. The zero-order chi connectivity index (χ0) is 19.1. The van der Waals surface area contributed by atoms with Crippen LogP contribution in [0.1, 0.15) is 42.6 Å². The molecule has 2 heterocycles. The number of amides is 2. The highest BCUT2D eigenvalue weighted by Gasteiger charge is 2.19. The maximum absolute atomic E-state index is 12.5. The molecule has 1 saturated heterocycles. The summed E-state index contributed by atoms with van der Waals surface area (Å²) < 4.78 is 6.93. The van der Waals surface area contributed by atoms with Crippen LogP contribution in [0.15, 0.2) is 36.5 Å². The molecule has 0 bridgehead atoms. The van der Waals surface area contributed by atoms with E-state index in [4.69, 9.17) is 4.74 Å². The summed E-state index contributed by atoms with van der Waals surface area (Å²) in [6.07, 6.45) is 6.21. The Balaban J connectivity index is 1.55. The summed E-state index contributed by atoms with van der Waals surface area (Å²) in [5.74, 6) is 0.380. The minimum Gasteiger partial charge on any atom is -0.493 e. The van der Waals surface area contributed by atoms with E-state index in [1.54, 1.807) is 10.9 Å². The molecular formula is C20H26N4O3. The first-order valence-electron chi connectivity index (χ1n) is 9.44. The molecule has 144 valence electrons. The lowest BCUT2D eigenvalue weighted by Gasteiger charge is -2.20. The van der Waals surface area contributed by atoms with Crippen molar-refractivity contribution in [2.75, 3.05) is 26.7 Å². The third-order valence-corrected chi connectivity index (χ3v) is 4.70. The summed E-state index contributed by atoms with van der Waals surface area (Å²) in [6.45, 7) is 1.99. The quantitative estimate of drug-likeness (QED) is 0.760. The van der Waals surface area contributed by atoms with Crippen LogP contribution in [-0.4, -0.2) is 53.2 Å². The molecule has 1 N–H and O–H groups in total. The van der Waals surface area contributed by atoms with E-state index in [0.29, 0.717) is 25.3 Å². The summed E-state index contributed by atoms with van der Waals surface area (Å²) >= 11 is 0. The van der Waals surface area contributed by atoms with Gasteiger partial charge >= 0.3 is 0 Å². The van der Waals surface area contributed by atoms with E-state index in [2.05, 4.69) is 10.4 Å². The van der Waals surface area contributed by atoms with E-state index in [0.717, 1.165) is 37.9 Å². The van der Waals surface area contributed by atoms with E-state index < -0.39 is 0 Å². The van der Waals surface area contributed by atoms with Crippen molar-refractivity contribution in [3.8, 4) is 11.4 Å². The Morgan fingerprint density at radius 1 is 1.22 bits per heavy atom. The van der Waals surface area contributed by atoms with Gasteiger partial charge in [0.2, 0.25) is 5.91 Å². The van der Waals surface area contributed by atoms with Crippen LogP contribution in [0, 0.1) is 0 Å². The molecular weight excluding hydrogens is 344 g/mol. The van der Waals surface area contributed by atoms with Crippen LogP contribution >= 0.6 is 0 Å². The molecule has 2 aromatic rings. The summed E-state index contributed by atoms with van der Waals surface area (Å²) in [5.41, 5.74) is 1.11. The molecule has 1 aromatic heterocycles. The lowest BCUT2D eigenvalue weighted by molar-refractivity contribution is -0.130. The lowest BCUT2D eigenvalue weighted by Crippen LogP contribution is -2.34. The fourth-order valence-electron chi connectivity index (χ4n) is 3.21. The van der Waals surface area contributed by atoms with E-state index in [9.17, 15) is 9.59 Å². The maximum atomic E-state index is 12.5. The van der Waals surface area contributed by atoms with E-state index in [1.165, 1.54) is 7.11 Å².